The minimum absolute atomic E-state index is 0.154. The molecule has 4 atom stereocenters. The number of anilines is 1. The van der Waals surface area contributed by atoms with Crippen molar-refractivity contribution in [2.45, 2.75) is 24.4 Å². The van der Waals surface area contributed by atoms with Crippen molar-refractivity contribution in [3.05, 3.63) is 147 Å². The summed E-state index contributed by atoms with van der Waals surface area (Å²) in [4.78, 5) is 56.4. The standard InChI is InChI=1S/C34H25N3O5/c1-20-10-12-23(13-11-20)31(39)29-28(30(38)22-14-16-24(17-15-22)37(41)42)34(26-8-4-5-9-27(26)35-33(34)40)32-25-7-3-2-6-21(25)18-19-36(29)32/h2-19,28-29,32H,1H3,(H,35,40)/t28-,29+,32+,34-/m1/s1. The summed E-state index contributed by atoms with van der Waals surface area (Å²) in [6, 6.07) is 25.9. The average Bonchev–Trinajstić information content (AvgIpc) is 3.49. The molecule has 1 amide bonds. The largest absolute Gasteiger partial charge is 0.358 e. The first kappa shape index (κ1) is 25.6. The molecule has 0 aliphatic carbocycles. The molecule has 0 aromatic heterocycles. The van der Waals surface area contributed by atoms with Crippen molar-refractivity contribution in [2.24, 2.45) is 5.92 Å². The summed E-state index contributed by atoms with van der Waals surface area (Å²) < 4.78 is 0. The van der Waals surface area contributed by atoms with Gasteiger partial charge in [0.05, 0.1) is 16.9 Å². The molecule has 1 fully saturated rings. The van der Waals surface area contributed by atoms with E-state index in [1.807, 2.05) is 78.7 Å². The first-order chi connectivity index (χ1) is 20.3. The lowest BCUT2D eigenvalue weighted by Gasteiger charge is -2.38. The van der Waals surface area contributed by atoms with E-state index in [4.69, 9.17) is 0 Å². The number of non-ortho nitro benzene ring substituents is 1. The van der Waals surface area contributed by atoms with Crippen molar-refractivity contribution >= 4 is 34.9 Å². The van der Waals surface area contributed by atoms with Crippen LogP contribution in [0.2, 0.25) is 0 Å². The number of aryl methyl sites for hydroxylation is 1. The summed E-state index contributed by atoms with van der Waals surface area (Å²) in [5.41, 5.74) is 2.99. The second-order valence-corrected chi connectivity index (χ2v) is 11.0. The molecule has 1 saturated heterocycles. The zero-order valence-corrected chi connectivity index (χ0v) is 22.6. The fourth-order valence-corrected chi connectivity index (χ4v) is 6.98. The van der Waals surface area contributed by atoms with Gasteiger partial charge in [0.15, 0.2) is 11.6 Å². The summed E-state index contributed by atoms with van der Waals surface area (Å²) in [6.45, 7) is 1.93. The summed E-state index contributed by atoms with van der Waals surface area (Å²) in [5, 5.41) is 14.4. The van der Waals surface area contributed by atoms with E-state index in [9.17, 15) is 24.5 Å². The highest BCUT2D eigenvalue weighted by Gasteiger charge is 2.70. The third kappa shape index (κ3) is 3.51. The number of fused-ring (bicyclic) bond motifs is 6. The lowest BCUT2D eigenvalue weighted by molar-refractivity contribution is -0.384. The zero-order chi connectivity index (χ0) is 29.2. The number of benzene rings is 4. The van der Waals surface area contributed by atoms with Gasteiger partial charge in [-0.2, -0.15) is 0 Å². The Morgan fingerprint density at radius 3 is 2.24 bits per heavy atom. The van der Waals surface area contributed by atoms with Crippen LogP contribution in [0.25, 0.3) is 6.08 Å². The molecule has 42 heavy (non-hydrogen) atoms. The Morgan fingerprint density at radius 2 is 1.50 bits per heavy atom. The van der Waals surface area contributed by atoms with E-state index in [-0.39, 0.29) is 22.9 Å². The number of Topliss-reactive ketones (excluding diaryl/α,β-unsaturated/α-hetero) is 2. The Balaban J connectivity index is 1.51. The van der Waals surface area contributed by atoms with Crippen LogP contribution in [0, 0.1) is 23.0 Å². The lowest BCUT2D eigenvalue weighted by atomic mass is 9.62. The van der Waals surface area contributed by atoms with Gasteiger partial charge >= 0.3 is 0 Å². The van der Waals surface area contributed by atoms with Crippen LogP contribution >= 0.6 is 0 Å². The van der Waals surface area contributed by atoms with Crippen LogP contribution in [0.3, 0.4) is 0 Å². The molecule has 4 aromatic rings. The van der Waals surface area contributed by atoms with E-state index < -0.39 is 34.1 Å². The lowest BCUT2D eigenvalue weighted by Crippen LogP contribution is -2.49. The number of para-hydroxylation sites is 1. The number of hydrogen-bond donors (Lipinski definition) is 1. The van der Waals surface area contributed by atoms with E-state index in [2.05, 4.69) is 5.32 Å². The summed E-state index contributed by atoms with van der Waals surface area (Å²) in [5.74, 6) is -2.21. The highest BCUT2D eigenvalue weighted by atomic mass is 16.6. The van der Waals surface area contributed by atoms with E-state index in [0.29, 0.717) is 16.8 Å². The van der Waals surface area contributed by atoms with Crippen LogP contribution in [0.4, 0.5) is 11.4 Å². The van der Waals surface area contributed by atoms with Gasteiger partial charge in [-0.15, -0.1) is 0 Å². The molecule has 8 nitrogen and oxygen atoms in total. The molecule has 3 aliphatic heterocycles. The summed E-state index contributed by atoms with van der Waals surface area (Å²) >= 11 is 0. The Hall–Kier alpha value is -5.37. The molecule has 0 saturated carbocycles. The molecule has 206 valence electrons. The van der Waals surface area contributed by atoms with Crippen LogP contribution in [-0.4, -0.2) is 33.3 Å². The van der Waals surface area contributed by atoms with Crippen molar-refractivity contribution in [2.75, 3.05) is 5.32 Å². The Morgan fingerprint density at radius 1 is 0.857 bits per heavy atom. The number of nitrogens with zero attached hydrogens (tertiary/aromatic N) is 2. The Bertz CT molecular complexity index is 1830. The molecule has 7 rings (SSSR count). The highest BCUT2D eigenvalue weighted by molar-refractivity contribution is 6.16. The minimum atomic E-state index is -1.46. The van der Waals surface area contributed by atoms with Gasteiger partial charge in [-0.05, 0) is 47.9 Å². The number of amides is 1. The van der Waals surface area contributed by atoms with Crippen molar-refractivity contribution < 1.29 is 19.3 Å². The molecule has 3 heterocycles. The van der Waals surface area contributed by atoms with Crippen LogP contribution in [0.5, 0.6) is 0 Å². The molecule has 1 spiro atoms. The maximum atomic E-state index is 14.7. The van der Waals surface area contributed by atoms with Crippen molar-refractivity contribution in [1.82, 2.24) is 4.90 Å². The summed E-state index contributed by atoms with van der Waals surface area (Å²) in [6.07, 6.45) is 3.73. The van der Waals surface area contributed by atoms with Gasteiger partial charge in [-0.25, -0.2) is 0 Å². The van der Waals surface area contributed by atoms with Gasteiger partial charge in [0, 0.05) is 35.1 Å². The topological polar surface area (TPSA) is 110 Å². The molecular weight excluding hydrogens is 530 g/mol. The van der Waals surface area contributed by atoms with Gasteiger partial charge < -0.3 is 10.2 Å². The van der Waals surface area contributed by atoms with Gasteiger partial charge in [0.2, 0.25) is 5.91 Å². The predicted molar refractivity (Wildman–Crippen MR) is 157 cm³/mol. The number of hydrogen-bond acceptors (Lipinski definition) is 6. The normalized spacial score (nSPS) is 23.2. The smallest absolute Gasteiger partial charge is 0.269 e. The average molecular weight is 556 g/mol. The van der Waals surface area contributed by atoms with E-state index in [0.717, 1.165) is 16.7 Å². The number of nitro benzene ring substituents is 1. The van der Waals surface area contributed by atoms with Gasteiger partial charge in [0.25, 0.3) is 5.69 Å². The quantitative estimate of drug-likeness (QED) is 0.187. The predicted octanol–water partition coefficient (Wildman–Crippen LogP) is 5.88. The molecule has 1 N–H and O–H groups in total. The first-order valence-corrected chi connectivity index (χ1v) is 13.7. The third-order valence-electron chi connectivity index (χ3n) is 8.82. The van der Waals surface area contributed by atoms with Crippen LogP contribution in [0.1, 0.15) is 49.0 Å². The van der Waals surface area contributed by atoms with E-state index in [1.54, 1.807) is 18.2 Å². The Labute approximate surface area is 241 Å². The molecule has 8 heteroatoms. The maximum absolute atomic E-state index is 14.7. The SMILES string of the molecule is Cc1ccc(C(=O)[C@@H]2[C@H](C(=O)c3ccc([N+](=O)[O-])cc3)[C@@]3(C(=O)Nc4ccccc43)[C@@H]3c4ccccc4C=CN23)cc1. The molecule has 3 aliphatic rings. The van der Waals surface area contributed by atoms with Gasteiger partial charge in [-0.3, -0.25) is 24.5 Å². The van der Waals surface area contributed by atoms with Gasteiger partial charge in [-0.1, -0.05) is 72.3 Å². The second-order valence-electron chi connectivity index (χ2n) is 11.0. The van der Waals surface area contributed by atoms with Gasteiger partial charge in [0.1, 0.15) is 11.5 Å². The second kappa shape index (κ2) is 9.34. The number of nitro groups is 1. The first-order valence-electron chi connectivity index (χ1n) is 13.7. The van der Waals surface area contributed by atoms with Crippen molar-refractivity contribution in [1.29, 1.82) is 0 Å². The van der Waals surface area contributed by atoms with Crippen molar-refractivity contribution in [3.8, 4) is 0 Å². The molecule has 0 radical (unpaired) electrons. The highest BCUT2D eigenvalue weighted by Crippen LogP contribution is 2.62. The van der Waals surface area contributed by atoms with E-state index in [1.165, 1.54) is 24.3 Å². The minimum Gasteiger partial charge on any atom is -0.358 e. The fraction of sp³-hybridized carbons (Fsp3) is 0.147. The number of nitrogens with one attached hydrogen (secondary N) is 1. The van der Waals surface area contributed by atoms with Crippen LogP contribution in [-0.2, 0) is 10.2 Å². The number of ketones is 2. The van der Waals surface area contributed by atoms with Crippen LogP contribution in [0.15, 0.2) is 103 Å². The fourth-order valence-electron chi connectivity index (χ4n) is 6.98. The Kier molecular flexibility index (Phi) is 5.69. The third-order valence-corrected chi connectivity index (χ3v) is 8.82. The molecular formula is C34H25N3O5. The molecule has 0 unspecified atom stereocenters. The number of carbonyl (C=O) groups is 3. The maximum Gasteiger partial charge on any atom is 0.269 e. The van der Waals surface area contributed by atoms with Crippen molar-refractivity contribution in [3.63, 3.8) is 0 Å². The van der Waals surface area contributed by atoms with E-state index >= 15 is 0 Å². The zero-order valence-electron chi connectivity index (χ0n) is 22.6. The molecule has 4 aromatic carbocycles. The summed E-state index contributed by atoms with van der Waals surface area (Å²) in [7, 11) is 0. The number of carbonyl (C=O) groups excluding carboxylic acids is 3. The monoisotopic (exact) mass is 555 g/mol. The number of rotatable bonds is 5. The van der Waals surface area contributed by atoms with Crippen LogP contribution < -0.4 is 5.32 Å². The molecule has 0 bridgehead atoms.